The van der Waals surface area contributed by atoms with Crippen molar-refractivity contribution in [1.29, 1.82) is 0 Å². The average molecular weight is 513 g/mol. The van der Waals surface area contributed by atoms with E-state index in [1.54, 1.807) is 0 Å². The molecule has 0 saturated heterocycles. The number of nitrogens with one attached hydrogen (secondary N) is 3. The van der Waals surface area contributed by atoms with E-state index in [1.165, 1.54) is 24.3 Å². The lowest BCUT2D eigenvalue weighted by Crippen LogP contribution is -2.56. The van der Waals surface area contributed by atoms with Gasteiger partial charge >= 0.3 is 0 Å². The van der Waals surface area contributed by atoms with E-state index in [9.17, 15) is 24.5 Å². The Morgan fingerprint density at radius 3 is 2.08 bits per heavy atom. The molecule has 2 aromatic carbocycles. The Hall–Kier alpha value is -3.83. The Labute approximate surface area is 216 Å². The van der Waals surface area contributed by atoms with Gasteiger partial charge in [-0.2, -0.15) is 0 Å². The molecule has 7 N–H and O–H groups in total. The summed E-state index contributed by atoms with van der Waals surface area (Å²) >= 11 is 0. The van der Waals surface area contributed by atoms with Crippen LogP contribution in [0.1, 0.15) is 38.7 Å². The van der Waals surface area contributed by atoms with Crippen LogP contribution in [-0.4, -0.2) is 47.3 Å². The van der Waals surface area contributed by atoms with Crippen molar-refractivity contribution < 1.29 is 19.3 Å². The molecule has 3 atom stereocenters. The van der Waals surface area contributed by atoms with E-state index in [0.717, 1.165) is 5.56 Å². The maximum Gasteiger partial charge on any atom is 0.269 e. The second kappa shape index (κ2) is 14.7. The first-order chi connectivity index (χ1) is 17.6. The Bertz CT molecular complexity index is 1050. The van der Waals surface area contributed by atoms with E-state index in [1.807, 2.05) is 44.2 Å². The van der Waals surface area contributed by atoms with E-state index in [2.05, 4.69) is 16.0 Å². The molecule has 0 radical (unpaired) electrons. The maximum atomic E-state index is 13.3. The molecule has 0 spiro atoms. The normalized spacial score (nSPS) is 13.3. The Kier molecular flexibility index (Phi) is 11.7. The third kappa shape index (κ3) is 9.62. The number of nitro benzene ring substituents is 1. The summed E-state index contributed by atoms with van der Waals surface area (Å²) in [5, 5.41) is 19.1. The Morgan fingerprint density at radius 2 is 1.51 bits per heavy atom. The molecule has 2 rings (SSSR count). The molecule has 0 bridgehead atoms. The third-order valence-corrected chi connectivity index (χ3v) is 5.86. The van der Waals surface area contributed by atoms with Crippen LogP contribution < -0.4 is 27.4 Å². The van der Waals surface area contributed by atoms with Gasteiger partial charge in [0.15, 0.2) is 0 Å². The molecule has 0 aliphatic heterocycles. The van der Waals surface area contributed by atoms with Crippen molar-refractivity contribution in [2.45, 2.75) is 57.7 Å². The highest BCUT2D eigenvalue weighted by atomic mass is 16.6. The smallest absolute Gasteiger partial charge is 0.269 e. The number of carbonyl (C=O) groups is 3. The Morgan fingerprint density at radius 1 is 0.892 bits per heavy atom. The van der Waals surface area contributed by atoms with Crippen molar-refractivity contribution in [1.82, 2.24) is 10.6 Å². The third-order valence-electron chi connectivity index (χ3n) is 5.86. The first-order valence-corrected chi connectivity index (χ1v) is 12.3. The number of hydrogen-bond donors (Lipinski definition) is 5. The molecular formula is C26H36N6O5. The fourth-order valence-electron chi connectivity index (χ4n) is 3.56. The van der Waals surface area contributed by atoms with Crippen LogP contribution in [0.4, 0.5) is 11.4 Å². The van der Waals surface area contributed by atoms with Gasteiger partial charge in [-0.15, -0.1) is 0 Å². The van der Waals surface area contributed by atoms with Gasteiger partial charge in [0.1, 0.15) is 12.1 Å². The van der Waals surface area contributed by atoms with Crippen molar-refractivity contribution in [3.63, 3.8) is 0 Å². The summed E-state index contributed by atoms with van der Waals surface area (Å²) in [6.07, 6.45) is 1.77. The number of nitrogens with two attached hydrogens (primary N) is 2. The van der Waals surface area contributed by atoms with Crippen LogP contribution in [0, 0.1) is 16.0 Å². The molecule has 3 unspecified atom stereocenters. The number of benzene rings is 2. The highest BCUT2D eigenvalue weighted by Crippen LogP contribution is 2.16. The van der Waals surface area contributed by atoms with Crippen LogP contribution in [0.2, 0.25) is 0 Å². The summed E-state index contributed by atoms with van der Waals surface area (Å²) in [7, 11) is 0. The first-order valence-electron chi connectivity index (χ1n) is 12.3. The van der Waals surface area contributed by atoms with Crippen LogP contribution in [0.3, 0.4) is 0 Å². The van der Waals surface area contributed by atoms with Crippen LogP contribution in [-0.2, 0) is 20.8 Å². The van der Waals surface area contributed by atoms with Crippen molar-refractivity contribution >= 4 is 29.1 Å². The number of carbonyl (C=O) groups excluding carboxylic acids is 3. The lowest BCUT2D eigenvalue weighted by Gasteiger charge is -2.25. The maximum absolute atomic E-state index is 13.3. The molecule has 0 aliphatic carbocycles. The highest BCUT2D eigenvalue weighted by Gasteiger charge is 2.29. The summed E-state index contributed by atoms with van der Waals surface area (Å²) < 4.78 is 0. The summed E-state index contributed by atoms with van der Waals surface area (Å²) in [4.78, 5) is 49.4. The SMILES string of the molecule is CC(C)C(N)C(=O)NC(Cc1ccccc1)C(=O)NC(CCCCN)C(=O)Nc1ccc([N+](=O)[O-])cc1. The Balaban J connectivity index is 2.20. The molecular weight excluding hydrogens is 476 g/mol. The number of non-ortho nitro benzene ring substituents is 1. The zero-order valence-corrected chi connectivity index (χ0v) is 21.2. The summed E-state index contributed by atoms with van der Waals surface area (Å²) in [6.45, 7) is 4.06. The predicted molar refractivity (Wildman–Crippen MR) is 141 cm³/mol. The number of unbranched alkanes of at least 4 members (excludes halogenated alkanes) is 1. The van der Waals surface area contributed by atoms with Crippen molar-refractivity contribution in [3.05, 3.63) is 70.3 Å². The second-order valence-electron chi connectivity index (χ2n) is 9.16. The van der Waals surface area contributed by atoms with Crippen molar-refractivity contribution in [3.8, 4) is 0 Å². The van der Waals surface area contributed by atoms with E-state index < -0.39 is 40.8 Å². The summed E-state index contributed by atoms with van der Waals surface area (Å²) in [6, 6.07) is 11.9. The lowest BCUT2D eigenvalue weighted by atomic mass is 10.0. The van der Waals surface area contributed by atoms with E-state index in [0.29, 0.717) is 31.5 Å². The average Bonchev–Trinajstić information content (AvgIpc) is 2.88. The van der Waals surface area contributed by atoms with Gasteiger partial charge < -0.3 is 27.4 Å². The number of amides is 3. The predicted octanol–water partition coefficient (Wildman–Crippen LogP) is 1.86. The monoisotopic (exact) mass is 512 g/mol. The van der Waals surface area contributed by atoms with E-state index >= 15 is 0 Å². The molecule has 200 valence electrons. The molecule has 37 heavy (non-hydrogen) atoms. The van der Waals surface area contributed by atoms with E-state index in [-0.39, 0.29) is 18.0 Å². The lowest BCUT2D eigenvalue weighted by molar-refractivity contribution is -0.384. The van der Waals surface area contributed by atoms with Crippen LogP contribution in [0.5, 0.6) is 0 Å². The van der Waals surface area contributed by atoms with Gasteiger partial charge in [-0.25, -0.2) is 0 Å². The molecule has 0 heterocycles. The number of nitro groups is 1. The van der Waals surface area contributed by atoms with Crippen LogP contribution in [0.15, 0.2) is 54.6 Å². The van der Waals surface area contributed by atoms with Gasteiger partial charge in [0.05, 0.1) is 11.0 Å². The first kappa shape index (κ1) is 29.4. The number of anilines is 1. The molecule has 11 nitrogen and oxygen atoms in total. The molecule has 0 fully saturated rings. The van der Waals surface area contributed by atoms with Gasteiger partial charge in [-0.1, -0.05) is 44.2 Å². The van der Waals surface area contributed by atoms with Gasteiger partial charge in [-0.3, -0.25) is 24.5 Å². The number of nitrogens with zero attached hydrogens (tertiary/aromatic N) is 1. The fourth-order valence-corrected chi connectivity index (χ4v) is 3.56. The molecule has 3 amide bonds. The zero-order chi connectivity index (χ0) is 27.4. The molecule has 0 aliphatic rings. The minimum atomic E-state index is -0.955. The number of hydrogen-bond acceptors (Lipinski definition) is 7. The van der Waals surface area contributed by atoms with E-state index in [4.69, 9.17) is 11.5 Å². The van der Waals surface area contributed by atoms with Crippen molar-refractivity contribution in [2.24, 2.45) is 17.4 Å². The van der Waals surface area contributed by atoms with Gasteiger partial charge in [0, 0.05) is 24.2 Å². The molecule has 0 saturated carbocycles. The van der Waals surface area contributed by atoms with Gasteiger partial charge in [0.2, 0.25) is 17.7 Å². The molecule has 2 aromatic rings. The van der Waals surface area contributed by atoms with Crippen LogP contribution in [0.25, 0.3) is 0 Å². The second-order valence-corrected chi connectivity index (χ2v) is 9.16. The zero-order valence-electron chi connectivity index (χ0n) is 21.2. The molecule has 0 aromatic heterocycles. The van der Waals surface area contributed by atoms with Crippen LogP contribution >= 0.6 is 0 Å². The largest absolute Gasteiger partial charge is 0.343 e. The summed E-state index contributed by atoms with van der Waals surface area (Å²) in [5.74, 6) is -1.59. The van der Waals surface area contributed by atoms with Gasteiger partial charge in [-0.05, 0) is 49.4 Å². The van der Waals surface area contributed by atoms with Crippen molar-refractivity contribution in [2.75, 3.05) is 11.9 Å². The number of rotatable bonds is 14. The molecule has 11 heteroatoms. The highest BCUT2D eigenvalue weighted by molar-refractivity contribution is 5.98. The minimum Gasteiger partial charge on any atom is -0.343 e. The standard InChI is InChI=1S/C26H36N6O5/c1-17(2)23(28)26(35)31-22(16-18-8-4-3-5-9-18)25(34)30-21(10-6-7-15-27)24(33)29-19-11-13-20(14-12-19)32(36)37/h3-5,8-9,11-14,17,21-23H,6-7,10,15-16,27-28H2,1-2H3,(H,29,33)(H,30,34)(H,31,35). The summed E-state index contributed by atoms with van der Waals surface area (Å²) in [5.41, 5.74) is 12.7. The minimum absolute atomic E-state index is 0.107. The topological polar surface area (TPSA) is 182 Å². The van der Waals surface area contributed by atoms with Gasteiger partial charge in [0.25, 0.3) is 5.69 Å². The fraction of sp³-hybridized carbons (Fsp3) is 0.423. The quantitative estimate of drug-likeness (QED) is 0.145.